The number of rotatable bonds is 14. The standard InChI is InChI=1S/C29H37N5O6S/c1-3-16(2)25(30)28(38)32-22(13-18-14-31-21-7-5-4-6-20(18)21)26(36)34-24(15-41)27(37)33-23(29(39)40)12-17-8-10-19(35)11-9-17/h4-11,14,16,22-25,31,35,41H,3,12-13,15,30H2,1-2H3,(H,32,38)(H,33,37)(H,34,36)(H,39,40). The first-order valence-electron chi connectivity index (χ1n) is 13.4. The Kier molecular flexibility index (Phi) is 11.2. The molecule has 5 unspecified atom stereocenters. The third kappa shape index (κ3) is 8.48. The number of carboxylic acids is 1. The summed E-state index contributed by atoms with van der Waals surface area (Å²) in [5.74, 6) is -3.35. The van der Waals surface area contributed by atoms with Crippen LogP contribution >= 0.6 is 12.6 Å². The van der Waals surface area contributed by atoms with Crippen molar-refractivity contribution in [2.24, 2.45) is 11.7 Å². The minimum atomic E-state index is -1.29. The maximum atomic E-state index is 13.5. The normalized spacial score (nSPS) is 14.8. The van der Waals surface area contributed by atoms with E-state index in [9.17, 15) is 29.4 Å². The summed E-state index contributed by atoms with van der Waals surface area (Å²) in [6.45, 7) is 3.76. The van der Waals surface area contributed by atoms with Crippen LogP contribution in [-0.4, -0.2) is 68.8 Å². The number of benzene rings is 2. The molecule has 220 valence electrons. The summed E-state index contributed by atoms with van der Waals surface area (Å²) in [6.07, 6.45) is 2.51. The van der Waals surface area contributed by atoms with Crippen molar-refractivity contribution in [1.82, 2.24) is 20.9 Å². The molecule has 0 radical (unpaired) electrons. The molecule has 0 aliphatic heterocycles. The van der Waals surface area contributed by atoms with E-state index in [1.54, 1.807) is 18.3 Å². The summed E-state index contributed by atoms with van der Waals surface area (Å²) < 4.78 is 0. The summed E-state index contributed by atoms with van der Waals surface area (Å²) in [6, 6.07) is 9.10. The third-order valence-electron chi connectivity index (χ3n) is 7.10. The molecule has 11 nitrogen and oxygen atoms in total. The summed E-state index contributed by atoms with van der Waals surface area (Å²) in [7, 11) is 0. The van der Waals surface area contributed by atoms with Crippen molar-refractivity contribution in [1.29, 1.82) is 0 Å². The first-order valence-corrected chi connectivity index (χ1v) is 14.0. The van der Waals surface area contributed by atoms with E-state index in [4.69, 9.17) is 5.73 Å². The van der Waals surface area contributed by atoms with E-state index in [0.29, 0.717) is 12.0 Å². The van der Waals surface area contributed by atoms with Crippen LogP contribution in [0.4, 0.5) is 0 Å². The highest BCUT2D eigenvalue weighted by molar-refractivity contribution is 7.80. The fourth-order valence-electron chi connectivity index (χ4n) is 4.32. The number of H-pyrrole nitrogens is 1. The number of aromatic hydroxyl groups is 1. The Bertz CT molecular complexity index is 1360. The van der Waals surface area contributed by atoms with Crippen LogP contribution in [0.1, 0.15) is 31.4 Å². The topological polar surface area (TPSA) is 187 Å². The number of aromatic nitrogens is 1. The van der Waals surface area contributed by atoms with E-state index < -0.39 is 47.9 Å². The number of para-hydroxylation sites is 1. The average Bonchev–Trinajstić information content (AvgIpc) is 3.37. The highest BCUT2D eigenvalue weighted by Gasteiger charge is 2.31. The highest BCUT2D eigenvalue weighted by atomic mass is 32.1. The quantitative estimate of drug-likeness (QED) is 0.132. The SMILES string of the molecule is CCC(C)C(N)C(=O)NC(Cc1c[nH]c2ccccc12)C(=O)NC(CS)C(=O)NC(Cc1ccc(O)cc1)C(=O)O. The van der Waals surface area contributed by atoms with E-state index >= 15 is 0 Å². The van der Waals surface area contributed by atoms with Gasteiger partial charge in [-0.1, -0.05) is 50.6 Å². The largest absolute Gasteiger partial charge is 0.508 e. The Morgan fingerprint density at radius 2 is 1.51 bits per heavy atom. The van der Waals surface area contributed by atoms with Crippen LogP contribution in [0.5, 0.6) is 5.75 Å². The maximum absolute atomic E-state index is 13.5. The van der Waals surface area contributed by atoms with Gasteiger partial charge in [0, 0.05) is 35.7 Å². The van der Waals surface area contributed by atoms with Crippen LogP contribution in [0.3, 0.4) is 0 Å². The van der Waals surface area contributed by atoms with Gasteiger partial charge in [-0.05, 0) is 35.2 Å². The average molecular weight is 584 g/mol. The van der Waals surface area contributed by atoms with Gasteiger partial charge in [0.05, 0.1) is 6.04 Å². The lowest BCUT2D eigenvalue weighted by atomic mass is 9.98. The summed E-state index contributed by atoms with van der Waals surface area (Å²) >= 11 is 4.20. The van der Waals surface area contributed by atoms with Gasteiger partial charge >= 0.3 is 5.97 Å². The lowest BCUT2D eigenvalue weighted by Crippen LogP contribution is -2.58. The van der Waals surface area contributed by atoms with Gasteiger partial charge in [-0.2, -0.15) is 12.6 Å². The molecule has 3 rings (SSSR count). The van der Waals surface area contributed by atoms with E-state index in [-0.39, 0.29) is 30.3 Å². The molecule has 2 aromatic carbocycles. The molecule has 0 fully saturated rings. The summed E-state index contributed by atoms with van der Waals surface area (Å²) in [4.78, 5) is 54.5. The maximum Gasteiger partial charge on any atom is 0.326 e. The molecule has 0 bridgehead atoms. The molecule has 0 spiro atoms. The van der Waals surface area contributed by atoms with Crippen LogP contribution in [0, 0.1) is 5.92 Å². The number of thiol groups is 1. The molecule has 1 aromatic heterocycles. The minimum absolute atomic E-state index is 0.0295. The number of carboxylic acid groups (broad SMARTS) is 1. The number of fused-ring (bicyclic) bond motifs is 1. The molecule has 0 saturated carbocycles. The third-order valence-corrected chi connectivity index (χ3v) is 7.46. The fourth-order valence-corrected chi connectivity index (χ4v) is 4.57. The molecule has 41 heavy (non-hydrogen) atoms. The highest BCUT2D eigenvalue weighted by Crippen LogP contribution is 2.19. The number of hydrogen-bond donors (Lipinski definition) is 8. The van der Waals surface area contributed by atoms with Crippen molar-refractivity contribution in [3.8, 4) is 5.75 Å². The van der Waals surface area contributed by atoms with Crippen molar-refractivity contribution in [3.63, 3.8) is 0 Å². The molecule has 8 N–H and O–H groups in total. The van der Waals surface area contributed by atoms with Gasteiger partial charge in [-0.3, -0.25) is 14.4 Å². The lowest BCUT2D eigenvalue weighted by Gasteiger charge is -2.25. The summed E-state index contributed by atoms with van der Waals surface area (Å²) in [5.41, 5.74) is 8.35. The number of aliphatic carboxylic acids is 1. The van der Waals surface area contributed by atoms with E-state index in [0.717, 1.165) is 16.5 Å². The molecule has 12 heteroatoms. The van der Waals surface area contributed by atoms with E-state index in [1.807, 2.05) is 38.1 Å². The minimum Gasteiger partial charge on any atom is -0.508 e. The summed E-state index contributed by atoms with van der Waals surface area (Å²) in [5, 5.41) is 27.8. The first kappa shape index (κ1) is 31.5. The Morgan fingerprint density at radius 3 is 2.15 bits per heavy atom. The van der Waals surface area contributed by atoms with Crippen LogP contribution in [0.15, 0.2) is 54.7 Å². The number of phenolic OH excluding ortho intramolecular Hbond substituents is 1. The number of carbonyl (C=O) groups excluding carboxylic acids is 3. The zero-order valence-electron chi connectivity index (χ0n) is 23.0. The van der Waals surface area contributed by atoms with Crippen LogP contribution in [0.25, 0.3) is 10.9 Å². The van der Waals surface area contributed by atoms with E-state index in [1.165, 1.54) is 12.1 Å². The van der Waals surface area contributed by atoms with Gasteiger partial charge in [0.25, 0.3) is 0 Å². The fraction of sp³-hybridized carbons (Fsp3) is 0.379. The number of phenols is 1. The molecule has 0 aliphatic carbocycles. The lowest BCUT2D eigenvalue weighted by molar-refractivity contribution is -0.142. The predicted octanol–water partition coefficient (Wildman–Crippen LogP) is 1.50. The van der Waals surface area contributed by atoms with Crippen molar-refractivity contribution in [3.05, 3.63) is 65.9 Å². The Hall–Kier alpha value is -4.03. The van der Waals surface area contributed by atoms with Crippen molar-refractivity contribution >= 4 is 47.2 Å². The second-order valence-electron chi connectivity index (χ2n) is 10.0. The molecular weight excluding hydrogens is 546 g/mol. The molecule has 1 heterocycles. The Labute approximate surface area is 243 Å². The van der Waals surface area contributed by atoms with Gasteiger partial charge in [0.2, 0.25) is 17.7 Å². The van der Waals surface area contributed by atoms with Gasteiger partial charge < -0.3 is 36.9 Å². The van der Waals surface area contributed by atoms with Crippen LogP contribution < -0.4 is 21.7 Å². The second kappa shape index (κ2) is 14.6. The Balaban J connectivity index is 1.77. The number of nitrogens with two attached hydrogens (primary N) is 1. The first-order chi connectivity index (χ1) is 19.5. The molecular formula is C29H37N5O6S. The molecule has 0 saturated heterocycles. The molecule has 3 amide bonds. The number of aromatic amines is 1. The molecule has 0 aliphatic rings. The van der Waals surface area contributed by atoms with Crippen LogP contribution in [-0.2, 0) is 32.0 Å². The zero-order chi connectivity index (χ0) is 30.1. The second-order valence-corrected chi connectivity index (χ2v) is 10.4. The van der Waals surface area contributed by atoms with Gasteiger partial charge in [0.15, 0.2) is 0 Å². The number of carbonyl (C=O) groups is 4. The Morgan fingerprint density at radius 1 is 0.902 bits per heavy atom. The number of amides is 3. The van der Waals surface area contributed by atoms with Gasteiger partial charge in [-0.25, -0.2) is 4.79 Å². The van der Waals surface area contributed by atoms with Gasteiger partial charge in [0.1, 0.15) is 23.9 Å². The molecule has 5 atom stereocenters. The smallest absolute Gasteiger partial charge is 0.326 e. The predicted molar refractivity (Wildman–Crippen MR) is 159 cm³/mol. The molecule has 3 aromatic rings. The monoisotopic (exact) mass is 583 g/mol. The number of hydrogen-bond acceptors (Lipinski definition) is 7. The van der Waals surface area contributed by atoms with Crippen LogP contribution in [0.2, 0.25) is 0 Å². The zero-order valence-corrected chi connectivity index (χ0v) is 23.9. The van der Waals surface area contributed by atoms with E-state index in [2.05, 4.69) is 33.6 Å². The van der Waals surface area contributed by atoms with Gasteiger partial charge in [-0.15, -0.1) is 0 Å². The van der Waals surface area contributed by atoms with Crippen molar-refractivity contribution in [2.75, 3.05) is 5.75 Å². The van der Waals surface area contributed by atoms with Crippen molar-refractivity contribution < 1.29 is 29.4 Å². The van der Waals surface area contributed by atoms with Crippen molar-refractivity contribution in [2.45, 2.75) is 57.3 Å². The number of nitrogens with one attached hydrogen (secondary N) is 4.